The van der Waals surface area contributed by atoms with Crippen LogP contribution in [-0.2, 0) is 4.74 Å². The molecule has 1 aliphatic heterocycles. The molecule has 0 amide bonds. The van der Waals surface area contributed by atoms with E-state index in [1.165, 1.54) is 38.8 Å². The van der Waals surface area contributed by atoms with Gasteiger partial charge in [0.05, 0.1) is 6.10 Å². The van der Waals surface area contributed by atoms with Crippen molar-refractivity contribution < 1.29 is 4.74 Å². The molecule has 0 aromatic rings. The molecule has 1 saturated heterocycles. The summed E-state index contributed by atoms with van der Waals surface area (Å²) < 4.78 is 5.88. The van der Waals surface area contributed by atoms with Crippen molar-refractivity contribution in [2.75, 3.05) is 32.0 Å². The molecule has 0 aromatic heterocycles. The lowest BCUT2D eigenvalue weighted by Gasteiger charge is -2.34. The Hall–Kier alpha value is 0.270. The molecule has 0 N–H and O–H groups in total. The lowest BCUT2D eigenvalue weighted by atomic mass is 10.0. The SMILES string of the molecule is CCCOC1CCCN(CC(CS)CCC)C1. The fraction of sp³-hybridized carbons (Fsp3) is 1.00. The van der Waals surface area contributed by atoms with Crippen molar-refractivity contribution in [1.82, 2.24) is 4.90 Å². The first-order chi connectivity index (χ1) is 8.30. The smallest absolute Gasteiger partial charge is 0.0702 e. The molecular weight excluding hydrogens is 230 g/mol. The number of hydrogen-bond donors (Lipinski definition) is 1. The Morgan fingerprint density at radius 3 is 2.82 bits per heavy atom. The van der Waals surface area contributed by atoms with Crippen molar-refractivity contribution in [2.45, 2.75) is 52.1 Å². The van der Waals surface area contributed by atoms with Crippen molar-refractivity contribution in [3.8, 4) is 0 Å². The Labute approximate surface area is 113 Å². The van der Waals surface area contributed by atoms with Gasteiger partial charge in [-0.05, 0) is 43.9 Å². The fourth-order valence-electron chi connectivity index (χ4n) is 2.61. The van der Waals surface area contributed by atoms with E-state index in [0.29, 0.717) is 6.10 Å². The zero-order valence-electron chi connectivity index (χ0n) is 11.5. The second-order valence-electron chi connectivity index (χ2n) is 5.23. The molecule has 0 aromatic carbocycles. The summed E-state index contributed by atoms with van der Waals surface area (Å²) in [5.74, 6) is 1.78. The van der Waals surface area contributed by atoms with E-state index < -0.39 is 0 Å². The van der Waals surface area contributed by atoms with Crippen LogP contribution in [0, 0.1) is 5.92 Å². The van der Waals surface area contributed by atoms with E-state index in [-0.39, 0.29) is 0 Å². The van der Waals surface area contributed by atoms with E-state index in [1.807, 2.05) is 0 Å². The maximum atomic E-state index is 5.88. The second kappa shape index (κ2) is 9.23. The maximum absolute atomic E-state index is 5.88. The third kappa shape index (κ3) is 6.12. The molecule has 2 nitrogen and oxygen atoms in total. The van der Waals surface area contributed by atoms with E-state index in [4.69, 9.17) is 4.74 Å². The Bertz CT molecular complexity index is 189. The summed E-state index contributed by atoms with van der Waals surface area (Å²) in [5.41, 5.74) is 0. The Morgan fingerprint density at radius 1 is 1.35 bits per heavy atom. The zero-order valence-corrected chi connectivity index (χ0v) is 12.4. The minimum atomic E-state index is 0.478. The van der Waals surface area contributed by atoms with Crippen molar-refractivity contribution in [3.05, 3.63) is 0 Å². The first-order valence-corrected chi connectivity index (χ1v) is 7.88. The molecule has 0 radical (unpaired) electrons. The summed E-state index contributed by atoms with van der Waals surface area (Å²) in [4.78, 5) is 2.58. The summed E-state index contributed by atoms with van der Waals surface area (Å²) in [6.07, 6.45) is 6.72. The summed E-state index contributed by atoms with van der Waals surface area (Å²) in [5, 5.41) is 0. The highest BCUT2D eigenvalue weighted by Gasteiger charge is 2.21. The van der Waals surface area contributed by atoms with Gasteiger partial charge in [-0.2, -0.15) is 12.6 Å². The summed E-state index contributed by atoms with van der Waals surface area (Å²) in [6.45, 7) is 8.96. The van der Waals surface area contributed by atoms with Gasteiger partial charge in [-0.3, -0.25) is 0 Å². The molecule has 1 fully saturated rings. The van der Waals surface area contributed by atoms with Crippen LogP contribution in [0.15, 0.2) is 0 Å². The molecular formula is C14H29NOS. The minimum Gasteiger partial charge on any atom is -0.377 e. The van der Waals surface area contributed by atoms with E-state index in [0.717, 1.165) is 31.2 Å². The van der Waals surface area contributed by atoms with Crippen LogP contribution >= 0.6 is 12.6 Å². The van der Waals surface area contributed by atoms with Gasteiger partial charge in [0, 0.05) is 19.7 Å². The van der Waals surface area contributed by atoms with Crippen molar-refractivity contribution >= 4 is 12.6 Å². The lowest BCUT2D eigenvalue weighted by Crippen LogP contribution is -2.42. The average Bonchev–Trinajstić information content (AvgIpc) is 2.36. The second-order valence-corrected chi connectivity index (χ2v) is 5.60. The van der Waals surface area contributed by atoms with Gasteiger partial charge >= 0.3 is 0 Å². The first-order valence-electron chi connectivity index (χ1n) is 7.24. The zero-order chi connectivity index (χ0) is 12.5. The molecule has 2 atom stereocenters. The van der Waals surface area contributed by atoms with Crippen LogP contribution in [0.25, 0.3) is 0 Å². The van der Waals surface area contributed by atoms with Crippen molar-refractivity contribution in [3.63, 3.8) is 0 Å². The Kier molecular flexibility index (Phi) is 8.33. The number of nitrogens with zero attached hydrogens (tertiary/aromatic N) is 1. The van der Waals surface area contributed by atoms with Gasteiger partial charge < -0.3 is 9.64 Å². The normalized spacial score (nSPS) is 23.8. The largest absolute Gasteiger partial charge is 0.377 e. The topological polar surface area (TPSA) is 12.5 Å². The molecule has 1 heterocycles. The molecule has 2 unspecified atom stereocenters. The molecule has 1 rings (SSSR count). The maximum Gasteiger partial charge on any atom is 0.0702 e. The molecule has 0 aliphatic carbocycles. The molecule has 0 saturated carbocycles. The minimum absolute atomic E-state index is 0.478. The highest BCUT2D eigenvalue weighted by Crippen LogP contribution is 2.17. The highest BCUT2D eigenvalue weighted by atomic mass is 32.1. The molecule has 3 heteroatoms. The Morgan fingerprint density at radius 2 is 2.18 bits per heavy atom. The van der Waals surface area contributed by atoms with Crippen LogP contribution in [0.4, 0.5) is 0 Å². The fourth-order valence-corrected chi connectivity index (χ4v) is 2.91. The lowest BCUT2D eigenvalue weighted by molar-refractivity contribution is -0.00336. The monoisotopic (exact) mass is 259 g/mol. The third-order valence-electron chi connectivity index (χ3n) is 3.49. The molecule has 102 valence electrons. The van der Waals surface area contributed by atoms with Gasteiger partial charge in [-0.15, -0.1) is 0 Å². The highest BCUT2D eigenvalue weighted by molar-refractivity contribution is 7.80. The van der Waals surface area contributed by atoms with Crippen molar-refractivity contribution in [1.29, 1.82) is 0 Å². The summed E-state index contributed by atoms with van der Waals surface area (Å²) in [6, 6.07) is 0. The first kappa shape index (κ1) is 15.3. The van der Waals surface area contributed by atoms with Crippen LogP contribution in [0.3, 0.4) is 0 Å². The van der Waals surface area contributed by atoms with E-state index >= 15 is 0 Å². The van der Waals surface area contributed by atoms with E-state index in [2.05, 4.69) is 31.4 Å². The van der Waals surface area contributed by atoms with Gasteiger partial charge in [-0.25, -0.2) is 0 Å². The number of ether oxygens (including phenoxy) is 1. The quantitative estimate of drug-likeness (QED) is 0.672. The van der Waals surface area contributed by atoms with Gasteiger partial charge in [0.2, 0.25) is 0 Å². The molecule has 17 heavy (non-hydrogen) atoms. The summed E-state index contributed by atoms with van der Waals surface area (Å²) in [7, 11) is 0. The standard InChI is InChI=1S/C14H29NOS/c1-3-6-13(12-17)10-15-8-5-7-14(11-15)16-9-4-2/h13-14,17H,3-12H2,1-2H3. The molecule has 0 spiro atoms. The van der Waals surface area contributed by atoms with Gasteiger partial charge in [-0.1, -0.05) is 20.3 Å². The predicted molar refractivity (Wildman–Crippen MR) is 78.0 cm³/mol. The third-order valence-corrected chi connectivity index (χ3v) is 4.01. The van der Waals surface area contributed by atoms with E-state index in [1.54, 1.807) is 0 Å². The van der Waals surface area contributed by atoms with Crippen LogP contribution < -0.4 is 0 Å². The number of likely N-dealkylation sites (tertiary alicyclic amines) is 1. The van der Waals surface area contributed by atoms with Crippen LogP contribution in [0.1, 0.15) is 46.0 Å². The van der Waals surface area contributed by atoms with E-state index in [9.17, 15) is 0 Å². The number of rotatable bonds is 8. The van der Waals surface area contributed by atoms with Crippen LogP contribution in [0.5, 0.6) is 0 Å². The Balaban J connectivity index is 2.27. The average molecular weight is 259 g/mol. The van der Waals surface area contributed by atoms with Crippen LogP contribution in [0.2, 0.25) is 0 Å². The van der Waals surface area contributed by atoms with Gasteiger partial charge in [0.1, 0.15) is 0 Å². The van der Waals surface area contributed by atoms with Crippen molar-refractivity contribution in [2.24, 2.45) is 5.92 Å². The van der Waals surface area contributed by atoms with Gasteiger partial charge in [0.25, 0.3) is 0 Å². The van der Waals surface area contributed by atoms with Crippen LogP contribution in [-0.4, -0.2) is 43.0 Å². The van der Waals surface area contributed by atoms with Gasteiger partial charge in [0.15, 0.2) is 0 Å². The predicted octanol–water partition coefficient (Wildman–Crippen LogP) is 3.22. The number of thiol groups is 1. The summed E-state index contributed by atoms with van der Waals surface area (Å²) >= 11 is 4.47. The number of hydrogen-bond acceptors (Lipinski definition) is 3. The molecule has 1 aliphatic rings. The molecule has 0 bridgehead atoms. The number of piperidine rings is 1.